The lowest BCUT2D eigenvalue weighted by atomic mass is 9.88. The number of ether oxygens (including phenoxy) is 2. The molecule has 1 heterocycles. The van der Waals surface area contributed by atoms with Crippen LogP contribution in [-0.2, 0) is 9.47 Å². The van der Waals surface area contributed by atoms with Gasteiger partial charge in [0, 0.05) is 12.6 Å². The monoisotopic (exact) mass is 307 g/mol. The Kier molecular flexibility index (Phi) is 5.52. The molecule has 21 heavy (non-hydrogen) atoms. The second kappa shape index (κ2) is 6.82. The molecule has 0 aromatic rings. The molecule has 9 atom stereocenters. The van der Waals surface area contributed by atoms with Crippen LogP contribution in [0.15, 0.2) is 0 Å². The molecule has 0 radical (unpaired) electrons. The van der Waals surface area contributed by atoms with Crippen molar-refractivity contribution >= 4 is 0 Å². The van der Waals surface area contributed by atoms with Gasteiger partial charge in [-0.1, -0.05) is 0 Å². The van der Waals surface area contributed by atoms with Crippen LogP contribution in [0.4, 0.5) is 0 Å². The molecule has 0 bridgehead atoms. The largest absolute Gasteiger partial charge is 0.390 e. The first-order chi connectivity index (χ1) is 9.86. The highest BCUT2D eigenvalue weighted by atomic mass is 16.7. The van der Waals surface area contributed by atoms with Crippen LogP contribution < -0.4 is 17.2 Å². The Labute approximate surface area is 122 Å². The van der Waals surface area contributed by atoms with Gasteiger partial charge in [0.2, 0.25) is 0 Å². The second-order valence-electron chi connectivity index (χ2n) is 5.74. The molecule has 0 aromatic heterocycles. The minimum Gasteiger partial charge on any atom is -0.390 e. The highest BCUT2D eigenvalue weighted by Gasteiger charge is 2.46. The number of hydrogen-bond donors (Lipinski definition) is 7. The van der Waals surface area contributed by atoms with E-state index in [0.29, 0.717) is 12.8 Å². The summed E-state index contributed by atoms with van der Waals surface area (Å²) in [4.78, 5) is 0. The fourth-order valence-electron chi connectivity index (χ4n) is 2.78. The number of hydrogen-bond acceptors (Lipinski definition) is 9. The van der Waals surface area contributed by atoms with Crippen molar-refractivity contribution in [3.63, 3.8) is 0 Å². The first-order valence-electron chi connectivity index (χ1n) is 7.11. The van der Waals surface area contributed by atoms with Crippen LogP contribution in [0, 0.1) is 0 Å². The average molecular weight is 307 g/mol. The molecule has 2 fully saturated rings. The molecule has 0 amide bonds. The summed E-state index contributed by atoms with van der Waals surface area (Å²) in [6, 6.07) is -1.50. The lowest BCUT2D eigenvalue weighted by molar-refractivity contribution is -0.287. The topological polar surface area (TPSA) is 177 Å². The van der Waals surface area contributed by atoms with Crippen LogP contribution in [0.2, 0.25) is 0 Å². The van der Waals surface area contributed by atoms with Gasteiger partial charge in [-0.05, 0) is 12.8 Å². The summed E-state index contributed by atoms with van der Waals surface area (Å²) < 4.78 is 11.0. The standard InChI is InChI=1S/C12H25N3O6/c13-3-6-9(18)10(19)7(15)12(20-6)21-11-4(14)1-2-5(16)8(11)17/h4-12,16-19H,1-3,13-15H2/t4-,5-,6-,7-,8+,9-,10-,11+,12-/m0/s1. The quantitative estimate of drug-likeness (QED) is 0.273. The first kappa shape index (κ1) is 17.0. The Balaban J connectivity index is 2.06. The van der Waals surface area contributed by atoms with E-state index in [0.717, 1.165) is 0 Å². The van der Waals surface area contributed by atoms with E-state index < -0.39 is 55.0 Å². The molecule has 10 N–H and O–H groups in total. The van der Waals surface area contributed by atoms with Crippen molar-refractivity contribution in [3.05, 3.63) is 0 Å². The maximum Gasteiger partial charge on any atom is 0.176 e. The van der Waals surface area contributed by atoms with Gasteiger partial charge in [-0.25, -0.2) is 0 Å². The van der Waals surface area contributed by atoms with E-state index in [1.54, 1.807) is 0 Å². The second-order valence-corrected chi connectivity index (χ2v) is 5.74. The summed E-state index contributed by atoms with van der Waals surface area (Å²) >= 11 is 0. The Bertz CT molecular complexity index is 347. The van der Waals surface area contributed by atoms with E-state index in [9.17, 15) is 20.4 Å². The Morgan fingerprint density at radius 3 is 2.29 bits per heavy atom. The summed E-state index contributed by atoms with van der Waals surface area (Å²) in [5, 5.41) is 39.3. The molecule has 9 heteroatoms. The molecule has 2 rings (SSSR count). The van der Waals surface area contributed by atoms with Crippen molar-refractivity contribution in [2.24, 2.45) is 17.2 Å². The molecular formula is C12H25N3O6. The van der Waals surface area contributed by atoms with E-state index in [4.69, 9.17) is 26.7 Å². The predicted octanol–water partition coefficient (Wildman–Crippen LogP) is -4.05. The lowest BCUT2D eigenvalue weighted by Crippen LogP contribution is -2.65. The minimum absolute atomic E-state index is 0.0211. The third-order valence-corrected chi connectivity index (χ3v) is 4.22. The van der Waals surface area contributed by atoms with Gasteiger partial charge in [-0.3, -0.25) is 0 Å². The maximum absolute atomic E-state index is 9.98. The molecule has 0 spiro atoms. The van der Waals surface area contributed by atoms with Crippen molar-refractivity contribution < 1.29 is 29.9 Å². The van der Waals surface area contributed by atoms with Crippen molar-refractivity contribution in [1.29, 1.82) is 0 Å². The molecule has 0 unspecified atom stereocenters. The van der Waals surface area contributed by atoms with Gasteiger partial charge >= 0.3 is 0 Å². The molecule has 0 aromatic carbocycles. The zero-order chi connectivity index (χ0) is 15.7. The fourth-order valence-corrected chi connectivity index (χ4v) is 2.78. The molecule has 1 aliphatic heterocycles. The average Bonchev–Trinajstić information content (AvgIpc) is 2.47. The summed E-state index contributed by atoms with van der Waals surface area (Å²) in [5.41, 5.74) is 17.1. The zero-order valence-electron chi connectivity index (χ0n) is 11.7. The molecule has 1 saturated carbocycles. The van der Waals surface area contributed by atoms with Gasteiger partial charge in [0.1, 0.15) is 30.5 Å². The van der Waals surface area contributed by atoms with Crippen molar-refractivity contribution in [2.75, 3.05) is 6.54 Å². The third-order valence-electron chi connectivity index (χ3n) is 4.22. The molecular weight excluding hydrogens is 282 g/mol. The van der Waals surface area contributed by atoms with Crippen molar-refractivity contribution in [1.82, 2.24) is 0 Å². The van der Waals surface area contributed by atoms with E-state index in [1.165, 1.54) is 0 Å². The van der Waals surface area contributed by atoms with Crippen LogP contribution in [0.1, 0.15) is 12.8 Å². The van der Waals surface area contributed by atoms with Gasteiger partial charge in [-0.2, -0.15) is 0 Å². The summed E-state index contributed by atoms with van der Waals surface area (Å²) in [6.45, 7) is -0.0211. The highest BCUT2D eigenvalue weighted by molar-refractivity contribution is 4.95. The summed E-state index contributed by atoms with van der Waals surface area (Å²) in [7, 11) is 0. The Morgan fingerprint density at radius 1 is 1.00 bits per heavy atom. The number of rotatable bonds is 3. The lowest BCUT2D eigenvalue weighted by Gasteiger charge is -2.44. The molecule has 124 valence electrons. The SMILES string of the molecule is NC[C@@H]1O[C@@H](O[C@H]2[C@H](O)[C@@H](O)CC[C@@H]2N)[C@@H](N)[C@H](O)[C@H]1O. The van der Waals surface area contributed by atoms with Gasteiger partial charge in [0.25, 0.3) is 0 Å². The Morgan fingerprint density at radius 2 is 1.67 bits per heavy atom. The smallest absolute Gasteiger partial charge is 0.176 e. The molecule has 1 aliphatic carbocycles. The number of aliphatic hydroxyl groups excluding tert-OH is 4. The zero-order valence-corrected chi connectivity index (χ0v) is 11.7. The fraction of sp³-hybridized carbons (Fsp3) is 1.00. The van der Waals surface area contributed by atoms with Gasteiger partial charge in [-0.15, -0.1) is 0 Å². The van der Waals surface area contributed by atoms with Gasteiger partial charge < -0.3 is 47.1 Å². The van der Waals surface area contributed by atoms with Crippen molar-refractivity contribution in [2.45, 2.75) is 67.8 Å². The first-order valence-corrected chi connectivity index (χ1v) is 7.11. The highest BCUT2D eigenvalue weighted by Crippen LogP contribution is 2.27. The minimum atomic E-state index is -1.26. The van der Waals surface area contributed by atoms with Crippen LogP contribution in [-0.4, -0.2) is 82.0 Å². The van der Waals surface area contributed by atoms with E-state index in [-0.39, 0.29) is 6.54 Å². The molecule has 9 nitrogen and oxygen atoms in total. The maximum atomic E-state index is 9.98. The van der Waals surface area contributed by atoms with E-state index >= 15 is 0 Å². The Hall–Kier alpha value is -0.360. The number of aliphatic hydroxyl groups is 4. The van der Waals surface area contributed by atoms with Crippen molar-refractivity contribution in [3.8, 4) is 0 Å². The number of nitrogens with two attached hydrogens (primary N) is 3. The van der Waals surface area contributed by atoms with E-state index in [2.05, 4.69) is 0 Å². The van der Waals surface area contributed by atoms with Gasteiger partial charge in [0.15, 0.2) is 6.29 Å². The van der Waals surface area contributed by atoms with E-state index in [1.807, 2.05) is 0 Å². The summed E-state index contributed by atoms with van der Waals surface area (Å²) in [5.74, 6) is 0. The molecule has 1 saturated heterocycles. The molecule has 2 aliphatic rings. The predicted molar refractivity (Wildman–Crippen MR) is 71.8 cm³/mol. The summed E-state index contributed by atoms with van der Waals surface area (Å²) in [6.07, 6.45) is -6.48. The van der Waals surface area contributed by atoms with Crippen LogP contribution in [0.5, 0.6) is 0 Å². The van der Waals surface area contributed by atoms with Crippen LogP contribution >= 0.6 is 0 Å². The normalized spacial score (nSPS) is 51.9. The third kappa shape index (κ3) is 3.36. The van der Waals surface area contributed by atoms with Gasteiger partial charge in [0.05, 0.1) is 12.1 Å². The van der Waals surface area contributed by atoms with Crippen LogP contribution in [0.3, 0.4) is 0 Å². The van der Waals surface area contributed by atoms with Crippen LogP contribution in [0.25, 0.3) is 0 Å².